The first kappa shape index (κ1) is 12.0. The fourth-order valence-electron chi connectivity index (χ4n) is 1.70. The molecule has 1 atom stereocenters. The van der Waals surface area contributed by atoms with Crippen LogP contribution in [0.4, 0.5) is 0 Å². The minimum absolute atomic E-state index is 0.473. The molecule has 0 aliphatic carbocycles. The molecule has 0 amide bonds. The number of benzene rings is 1. The largest absolute Gasteiger partial charge is 0.496 e. The van der Waals surface area contributed by atoms with Crippen LogP contribution in [0.5, 0.6) is 5.75 Å². The third-order valence-electron chi connectivity index (χ3n) is 2.58. The molecule has 0 aliphatic heterocycles. The summed E-state index contributed by atoms with van der Waals surface area (Å²) >= 11 is 0. The maximum atomic E-state index is 9.87. The minimum Gasteiger partial charge on any atom is -0.496 e. The third-order valence-corrected chi connectivity index (χ3v) is 2.58. The van der Waals surface area contributed by atoms with Gasteiger partial charge in [0.2, 0.25) is 0 Å². The van der Waals surface area contributed by atoms with Gasteiger partial charge in [0, 0.05) is 0 Å². The molecule has 3 nitrogen and oxygen atoms in total. The van der Waals surface area contributed by atoms with E-state index in [-0.39, 0.29) is 0 Å². The van der Waals surface area contributed by atoms with E-state index in [1.807, 2.05) is 26.0 Å². The van der Waals surface area contributed by atoms with Crippen molar-refractivity contribution in [1.29, 1.82) is 0 Å². The highest BCUT2D eigenvalue weighted by Gasteiger charge is 2.12. The molecule has 0 fully saturated rings. The van der Waals surface area contributed by atoms with E-state index in [2.05, 4.69) is 0 Å². The van der Waals surface area contributed by atoms with Crippen molar-refractivity contribution in [2.75, 3.05) is 13.7 Å². The van der Waals surface area contributed by atoms with E-state index in [0.29, 0.717) is 13.0 Å². The average Bonchev–Trinajstić information content (AvgIpc) is 2.21. The normalized spacial score (nSPS) is 12.6. The molecule has 1 aromatic rings. The van der Waals surface area contributed by atoms with Gasteiger partial charge in [-0.2, -0.15) is 0 Å². The molecule has 0 saturated heterocycles. The highest BCUT2D eigenvalue weighted by Crippen LogP contribution is 2.27. The van der Waals surface area contributed by atoms with Crippen LogP contribution in [0.1, 0.15) is 29.2 Å². The van der Waals surface area contributed by atoms with Crippen molar-refractivity contribution in [3.63, 3.8) is 0 Å². The predicted octanol–water partition coefficient (Wildman–Crippen LogP) is 1.69. The molecule has 0 radical (unpaired) electrons. The molecule has 3 N–H and O–H groups in total. The van der Waals surface area contributed by atoms with Crippen molar-refractivity contribution in [1.82, 2.24) is 0 Å². The van der Waals surface area contributed by atoms with E-state index in [1.54, 1.807) is 7.11 Å². The summed E-state index contributed by atoms with van der Waals surface area (Å²) in [5, 5.41) is 9.87. The molecular formula is C12H19NO2. The lowest BCUT2D eigenvalue weighted by Crippen LogP contribution is -2.08. The topological polar surface area (TPSA) is 55.5 Å². The summed E-state index contributed by atoms with van der Waals surface area (Å²) in [6.45, 7) is 4.43. The molecule has 0 spiro atoms. The molecule has 1 aromatic carbocycles. The van der Waals surface area contributed by atoms with Crippen molar-refractivity contribution in [2.45, 2.75) is 26.4 Å². The second-order valence-electron chi connectivity index (χ2n) is 3.77. The molecule has 0 bridgehead atoms. The maximum Gasteiger partial charge on any atom is 0.122 e. The number of ether oxygens (including phenoxy) is 1. The SMILES string of the molecule is COc1cc(C)c(C(O)CCN)cc1C. The van der Waals surface area contributed by atoms with Crippen LogP contribution in [0.25, 0.3) is 0 Å². The van der Waals surface area contributed by atoms with Crippen molar-refractivity contribution in [2.24, 2.45) is 5.73 Å². The number of hydrogen-bond donors (Lipinski definition) is 2. The Morgan fingerprint density at radius 3 is 2.53 bits per heavy atom. The molecule has 0 heterocycles. The fourth-order valence-corrected chi connectivity index (χ4v) is 1.70. The summed E-state index contributed by atoms with van der Waals surface area (Å²) in [5.41, 5.74) is 8.45. The van der Waals surface area contributed by atoms with Crippen molar-refractivity contribution in [3.8, 4) is 5.75 Å². The van der Waals surface area contributed by atoms with Gasteiger partial charge >= 0.3 is 0 Å². The van der Waals surface area contributed by atoms with E-state index in [1.165, 1.54) is 0 Å². The Morgan fingerprint density at radius 2 is 2.00 bits per heavy atom. The van der Waals surface area contributed by atoms with E-state index >= 15 is 0 Å². The maximum absolute atomic E-state index is 9.87. The summed E-state index contributed by atoms with van der Waals surface area (Å²) in [4.78, 5) is 0. The molecule has 3 heteroatoms. The first-order chi connectivity index (χ1) is 7.10. The quantitative estimate of drug-likeness (QED) is 0.793. The first-order valence-corrected chi connectivity index (χ1v) is 5.13. The van der Waals surface area contributed by atoms with Gasteiger partial charge in [-0.05, 0) is 55.6 Å². The zero-order chi connectivity index (χ0) is 11.4. The molecule has 1 unspecified atom stereocenters. The van der Waals surface area contributed by atoms with Crippen LogP contribution in [0, 0.1) is 13.8 Å². The highest BCUT2D eigenvalue weighted by atomic mass is 16.5. The molecule has 0 aromatic heterocycles. The van der Waals surface area contributed by atoms with Gasteiger partial charge in [-0.1, -0.05) is 0 Å². The fraction of sp³-hybridized carbons (Fsp3) is 0.500. The number of aliphatic hydroxyl groups excluding tert-OH is 1. The van der Waals surface area contributed by atoms with Crippen molar-refractivity contribution >= 4 is 0 Å². The minimum atomic E-state index is -0.473. The molecular weight excluding hydrogens is 190 g/mol. The van der Waals surface area contributed by atoms with Gasteiger partial charge in [0.25, 0.3) is 0 Å². The van der Waals surface area contributed by atoms with Crippen molar-refractivity contribution < 1.29 is 9.84 Å². The summed E-state index contributed by atoms with van der Waals surface area (Å²) < 4.78 is 5.21. The molecule has 0 saturated carbocycles. The Hall–Kier alpha value is -1.06. The average molecular weight is 209 g/mol. The predicted molar refractivity (Wildman–Crippen MR) is 61.1 cm³/mol. The van der Waals surface area contributed by atoms with E-state index < -0.39 is 6.10 Å². The van der Waals surface area contributed by atoms with Gasteiger partial charge in [0.1, 0.15) is 5.75 Å². The van der Waals surface area contributed by atoms with Gasteiger partial charge < -0.3 is 15.6 Å². The van der Waals surface area contributed by atoms with Gasteiger partial charge in [-0.15, -0.1) is 0 Å². The number of nitrogens with two attached hydrogens (primary N) is 1. The Labute approximate surface area is 90.9 Å². The number of aliphatic hydroxyl groups is 1. The van der Waals surface area contributed by atoms with Crippen molar-refractivity contribution in [3.05, 3.63) is 28.8 Å². The monoisotopic (exact) mass is 209 g/mol. The van der Waals surface area contributed by atoms with Gasteiger partial charge in [-0.3, -0.25) is 0 Å². The zero-order valence-electron chi connectivity index (χ0n) is 9.58. The smallest absolute Gasteiger partial charge is 0.122 e. The summed E-state index contributed by atoms with van der Waals surface area (Å²) in [6, 6.07) is 3.92. The second-order valence-corrected chi connectivity index (χ2v) is 3.77. The lowest BCUT2D eigenvalue weighted by atomic mass is 9.98. The van der Waals surface area contributed by atoms with E-state index in [0.717, 1.165) is 22.4 Å². The Balaban J connectivity index is 3.04. The lowest BCUT2D eigenvalue weighted by molar-refractivity contribution is 0.169. The van der Waals surface area contributed by atoms with Gasteiger partial charge in [0.15, 0.2) is 0 Å². The molecule has 0 aliphatic rings. The summed E-state index contributed by atoms with van der Waals surface area (Å²) in [6.07, 6.45) is 0.117. The van der Waals surface area contributed by atoms with Crippen LogP contribution in [0.3, 0.4) is 0 Å². The number of methoxy groups -OCH3 is 1. The van der Waals surface area contributed by atoms with Gasteiger partial charge in [-0.25, -0.2) is 0 Å². The Morgan fingerprint density at radius 1 is 1.33 bits per heavy atom. The second kappa shape index (κ2) is 5.14. The number of rotatable bonds is 4. The summed E-state index contributed by atoms with van der Waals surface area (Å²) in [5.74, 6) is 0.858. The van der Waals surface area contributed by atoms with E-state index in [9.17, 15) is 5.11 Å². The number of aryl methyl sites for hydroxylation is 2. The van der Waals surface area contributed by atoms with Crippen LogP contribution < -0.4 is 10.5 Å². The lowest BCUT2D eigenvalue weighted by Gasteiger charge is -2.15. The standard InChI is InChI=1S/C12H19NO2/c1-8-7-12(15-3)9(2)6-10(8)11(14)4-5-13/h6-7,11,14H,4-5,13H2,1-3H3. The highest BCUT2D eigenvalue weighted by molar-refractivity contribution is 5.42. The Bertz CT molecular complexity index is 337. The third kappa shape index (κ3) is 2.70. The molecule has 1 rings (SSSR count). The van der Waals surface area contributed by atoms with Crippen LogP contribution >= 0.6 is 0 Å². The van der Waals surface area contributed by atoms with E-state index in [4.69, 9.17) is 10.5 Å². The van der Waals surface area contributed by atoms with Crippen LogP contribution in [-0.2, 0) is 0 Å². The molecule has 15 heavy (non-hydrogen) atoms. The Kier molecular flexibility index (Phi) is 4.12. The first-order valence-electron chi connectivity index (χ1n) is 5.13. The molecule has 84 valence electrons. The van der Waals surface area contributed by atoms with Gasteiger partial charge in [0.05, 0.1) is 13.2 Å². The zero-order valence-corrected chi connectivity index (χ0v) is 9.58. The summed E-state index contributed by atoms with van der Waals surface area (Å²) in [7, 11) is 1.65. The number of hydrogen-bond acceptors (Lipinski definition) is 3. The van der Waals surface area contributed by atoms with Crippen LogP contribution in [0.2, 0.25) is 0 Å². The van der Waals surface area contributed by atoms with Crippen LogP contribution in [0.15, 0.2) is 12.1 Å². The van der Waals surface area contributed by atoms with Crippen LogP contribution in [-0.4, -0.2) is 18.8 Å².